The second-order valence-electron chi connectivity index (χ2n) is 10.9. The van der Waals surface area contributed by atoms with Gasteiger partial charge < -0.3 is 15.0 Å². The Hall–Kier alpha value is -4.46. The highest BCUT2D eigenvalue weighted by molar-refractivity contribution is 5.83. The maximum Gasteiger partial charge on any atom is 0.408 e. The van der Waals surface area contributed by atoms with Gasteiger partial charge in [0.1, 0.15) is 28.6 Å². The number of alkyl carbamates (subject to hydrolysis) is 1. The zero-order chi connectivity index (χ0) is 27.1. The average molecular weight is 514 g/mol. The summed E-state index contributed by atoms with van der Waals surface area (Å²) in [7, 11) is 1.85. The zero-order valence-corrected chi connectivity index (χ0v) is 22.3. The van der Waals surface area contributed by atoms with Gasteiger partial charge in [0.25, 0.3) is 0 Å². The summed E-state index contributed by atoms with van der Waals surface area (Å²) in [5.41, 5.74) is 3.18. The second-order valence-corrected chi connectivity index (χ2v) is 10.9. The van der Waals surface area contributed by atoms with Gasteiger partial charge in [-0.2, -0.15) is 15.5 Å². The number of aromatic nitrogens is 6. The first kappa shape index (κ1) is 25.2. The van der Waals surface area contributed by atoms with Crippen molar-refractivity contribution in [2.75, 3.05) is 18.0 Å². The van der Waals surface area contributed by atoms with Gasteiger partial charge >= 0.3 is 6.09 Å². The Labute approximate surface area is 221 Å². The topological polar surface area (TPSA) is 126 Å². The number of aryl methyl sites for hydroxylation is 1. The van der Waals surface area contributed by atoms with Crippen molar-refractivity contribution in [1.29, 1.82) is 5.26 Å². The highest BCUT2D eigenvalue weighted by Gasteiger charge is 2.33. The van der Waals surface area contributed by atoms with Crippen molar-refractivity contribution in [2.24, 2.45) is 7.05 Å². The molecule has 1 N–H and O–H groups in total. The lowest BCUT2D eigenvalue weighted by atomic mass is 9.90. The van der Waals surface area contributed by atoms with Crippen LogP contribution in [0.3, 0.4) is 0 Å². The number of nitrogens with zero attached hydrogens (tertiary/aromatic N) is 8. The normalized spacial score (nSPS) is 15.3. The van der Waals surface area contributed by atoms with Gasteiger partial charge in [0.05, 0.1) is 30.0 Å². The Morgan fingerprint density at radius 2 is 1.87 bits per heavy atom. The molecule has 1 aliphatic heterocycles. The number of hydrogen-bond acceptors (Lipinski definition) is 8. The summed E-state index contributed by atoms with van der Waals surface area (Å²) in [5.74, 6) is 0.849. The second kappa shape index (κ2) is 9.45. The van der Waals surface area contributed by atoms with Crippen molar-refractivity contribution in [3.63, 3.8) is 0 Å². The minimum absolute atomic E-state index is 0.337. The molecule has 0 atom stereocenters. The van der Waals surface area contributed by atoms with Gasteiger partial charge in [-0.05, 0) is 52.7 Å². The number of pyridine rings is 1. The van der Waals surface area contributed by atoms with E-state index >= 15 is 0 Å². The number of amides is 1. The highest BCUT2D eigenvalue weighted by Crippen LogP contribution is 2.30. The fourth-order valence-electron chi connectivity index (χ4n) is 4.61. The SMILES string of the molecule is Cn1cc(-c2cn3ncc(C#N)c3c(-c3ccc(N4CCC(C)(NC(=O)OC(C)(C)C)CC4)nc3)n2)cn1. The standard InChI is InChI=1S/C27H31N9O2/c1-26(2,3)38-25(37)33-27(4)8-10-35(11-9-27)22-7-6-18(13-29-22)23-24-19(12-28)14-31-36(24)17-21(32-23)20-15-30-34(5)16-20/h6-7,13-17H,8-11H2,1-5H3,(H,33,37). The van der Waals surface area contributed by atoms with Crippen molar-refractivity contribution < 1.29 is 9.53 Å². The van der Waals surface area contributed by atoms with Crippen LogP contribution in [0.2, 0.25) is 0 Å². The number of piperidine rings is 1. The summed E-state index contributed by atoms with van der Waals surface area (Å²) in [6.45, 7) is 9.12. The summed E-state index contributed by atoms with van der Waals surface area (Å²) in [4.78, 5) is 24.1. The number of ether oxygens (including phenoxy) is 1. The van der Waals surface area contributed by atoms with Crippen molar-refractivity contribution in [1.82, 2.24) is 34.7 Å². The molecule has 0 spiro atoms. The Balaban J connectivity index is 1.36. The fraction of sp³-hybridized carbons (Fsp3) is 0.407. The van der Waals surface area contributed by atoms with E-state index in [0.29, 0.717) is 22.5 Å². The quantitative estimate of drug-likeness (QED) is 0.435. The Morgan fingerprint density at radius 3 is 2.47 bits per heavy atom. The van der Waals surface area contributed by atoms with Gasteiger partial charge in [0.15, 0.2) is 0 Å². The molecule has 4 aromatic heterocycles. The summed E-state index contributed by atoms with van der Waals surface area (Å²) < 4.78 is 8.84. The lowest BCUT2D eigenvalue weighted by molar-refractivity contribution is 0.0448. The minimum Gasteiger partial charge on any atom is -0.444 e. The molecule has 0 radical (unpaired) electrons. The molecular formula is C27H31N9O2. The van der Waals surface area contributed by atoms with Crippen LogP contribution in [0.1, 0.15) is 46.1 Å². The fourth-order valence-corrected chi connectivity index (χ4v) is 4.61. The van der Waals surface area contributed by atoms with E-state index in [1.807, 2.05) is 46.1 Å². The van der Waals surface area contributed by atoms with Crippen molar-refractivity contribution >= 4 is 17.4 Å². The van der Waals surface area contributed by atoms with Crippen LogP contribution in [0.5, 0.6) is 0 Å². The molecule has 1 saturated heterocycles. The van der Waals surface area contributed by atoms with Crippen molar-refractivity contribution in [3.05, 3.63) is 48.7 Å². The molecule has 1 fully saturated rings. The Kier molecular flexibility index (Phi) is 6.26. The van der Waals surface area contributed by atoms with Crippen LogP contribution < -0.4 is 10.2 Å². The number of nitrogens with one attached hydrogen (secondary N) is 1. The monoisotopic (exact) mass is 513 g/mol. The van der Waals surface area contributed by atoms with Gasteiger partial charge in [-0.15, -0.1) is 0 Å². The van der Waals surface area contributed by atoms with Crippen LogP contribution in [-0.2, 0) is 11.8 Å². The highest BCUT2D eigenvalue weighted by atomic mass is 16.6. The summed E-state index contributed by atoms with van der Waals surface area (Å²) in [6, 6.07) is 6.15. The molecular weight excluding hydrogens is 482 g/mol. The first-order valence-corrected chi connectivity index (χ1v) is 12.5. The van der Waals surface area contributed by atoms with Gasteiger partial charge in [-0.3, -0.25) is 4.68 Å². The van der Waals surface area contributed by atoms with Gasteiger partial charge in [0.2, 0.25) is 0 Å². The lowest BCUT2D eigenvalue weighted by Gasteiger charge is -2.40. The maximum atomic E-state index is 12.3. The van der Waals surface area contributed by atoms with Gasteiger partial charge in [-0.1, -0.05) is 0 Å². The number of carbonyl (C=O) groups excluding carboxylic acids is 1. The molecule has 11 nitrogen and oxygen atoms in total. The van der Waals surface area contributed by atoms with E-state index in [1.165, 1.54) is 0 Å². The molecule has 5 rings (SSSR count). The number of carbonyl (C=O) groups is 1. The van der Waals surface area contributed by atoms with Crippen LogP contribution in [0.4, 0.5) is 10.6 Å². The average Bonchev–Trinajstić information content (AvgIpc) is 3.48. The van der Waals surface area contributed by atoms with E-state index < -0.39 is 5.60 Å². The van der Waals surface area contributed by atoms with E-state index in [0.717, 1.165) is 42.9 Å². The van der Waals surface area contributed by atoms with Crippen LogP contribution in [0.25, 0.3) is 28.0 Å². The third-order valence-corrected chi connectivity index (χ3v) is 6.63. The zero-order valence-electron chi connectivity index (χ0n) is 22.3. The Bertz CT molecular complexity index is 1510. The molecule has 0 aliphatic carbocycles. The summed E-state index contributed by atoms with van der Waals surface area (Å²) in [5, 5.41) is 21.3. The number of nitriles is 1. The Morgan fingerprint density at radius 1 is 1.11 bits per heavy atom. The third-order valence-electron chi connectivity index (χ3n) is 6.63. The molecule has 38 heavy (non-hydrogen) atoms. The smallest absolute Gasteiger partial charge is 0.408 e. The van der Waals surface area contributed by atoms with E-state index in [9.17, 15) is 10.1 Å². The van der Waals surface area contributed by atoms with Crippen LogP contribution in [-0.4, -0.2) is 59.7 Å². The maximum absolute atomic E-state index is 12.3. The van der Waals surface area contributed by atoms with Crippen molar-refractivity contribution in [3.8, 4) is 28.6 Å². The van der Waals surface area contributed by atoms with Crippen LogP contribution >= 0.6 is 0 Å². The lowest BCUT2D eigenvalue weighted by Crippen LogP contribution is -2.54. The van der Waals surface area contributed by atoms with E-state index in [-0.39, 0.29) is 11.6 Å². The van der Waals surface area contributed by atoms with E-state index in [1.54, 1.807) is 34.0 Å². The molecule has 4 aromatic rings. The third kappa shape index (κ3) is 5.16. The van der Waals surface area contributed by atoms with E-state index in [2.05, 4.69) is 33.4 Å². The van der Waals surface area contributed by atoms with Gasteiger partial charge in [-0.25, -0.2) is 19.3 Å². The summed E-state index contributed by atoms with van der Waals surface area (Å²) >= 11 is 0. The van der Waals surface area contributed by atoms with Crippen molar-refractivity contribution in [2.45, 2.75) is 51.7 Å². The summed E-state index contributed by atoms with van der Waals surface area (Å²) in [6.07, 6.45) is 9.91. The minimum atomic E-state index is -0.532. The molecule has 0 bridgehead atoms. The molecule has 5 heterocycles. The first-order chi connectivity index (χ1) is 18.0. The number of hydrogen-bond donors (Lipinski definition) is 1. The molecule has 196 valence electrons. The largest absolute Gasteiger partial charge is 0.444 e. The molecule has 0 saturated carbocycles. The molecule has 0 aromatic carbocycles. The van der Waals surface area contributed by atoms with Gasteiger partial charge in [0, 0.05) is 49.2 Å². The molecule has 0 unspecified atom stereocenters. The predicted molar refractivity (Wildman–Crippen MR) is 142 cm³/mol. The van der Waals surface area contributed by atoms with Crippen LogP contribution in [0.15, 0.2) is 43.1 Å². The molecule has 11 heteroatoms. The molecule has 1 aliphatic rings. The van der Waals surface area contributed by atoms with Crippen LogP contribution in [0, 0.1) is 11.3 Å². The number of anilines is 1. The predicted octanol–water partition coefficient (Wildman–Crippen LogP) is 3.95. The first-order valence-electron chi connectivity index (χ1n) is 12.5. The molecule has 1 amide bonds. The van der Waals surface area contributed by atoms with E-state index in [4.69, 9.17) is 14.7 Å². The number of rotatable bonds is 4. The number of fused-ring (bicyclic) bond motifs is 1.